The lowest BCUT2D eigenvalue weighted by atomic mass is 9.77. The third-order valence-electron chi connectivity index (χ3n) is 7.98. The summed E-state index contributed by atoms with van der Waals surface area (Å²) in [6.07, 6.45) is 3.76. The number of fused-ring (bicyclic) bond motifs is 2. The predicted molar refractivity (Wildman–Crippen MR) is 161 cm³/mol. The summed E-state index contributed by atoms with van der Waals surface area (Å²) in [6.45, 7) is 15.1. The molecule has 4 aromatic carbocycles. The Morgan fingerprint density at radius 3 is 1.54 bits per heavy atom. The van der Waals surface area contributed by atoms with Gasteiger partial charge in [0.1, 0.15) is 11.5 Å². The summed E-state index contributed by atoms with van der Waals surface area (Å²) in [5.41, 5.74) is 9.22. The summed E-state index contributed by atoms with van der Waals surface area (Å²) in [6, 6.07) is 30.1. The topological polar surface area (TPSA) is 24.9 Å². The second kappa shape index (κ2) is 10.0. The Morgan fingerprint density at radius 1 is 0.641 bits per heavy atom. The van der Waals surface area contributed by atoms with Gasteiger partial charge >= 0.3 is 0 Å². The van der Waals surface area contributed by atoms with Crippen molar-refractivity contribution >= 4 is 23.5 Å². The number of hydrogen-bond acceptors (Lipinski definition) is 4. The Labute approximate surface area is 231 Å². The molecule has 2 aliphatic rings. The molecule has 39 heavy (non-hydrogen) atoms. The molecule has 0 aromatic heterocycles. The van der Waals surface area contributed by atoms with Crippen LogP contribution in [-0.4, -0.2) is 13.5 Å². The van der Waals surface area contributed by atoms with Gasteiger partial charge in [-0.25, -0.2) is 0 Å². The largest absolute Gasteiger partial charge is 0.473 e. The summed E-state index contributed by atoms with van der Waals surface area (Å²) in [4.78, 5) is 4.52. The van der Waals surface area contributed by atoms with Crippen molar-refractivity contribution in [2.24, 2.45) is 0 Å². The fourth-order valence-electron chi connectivity index (χ4n) is 5.46. The zero-order chi connectivity index (χ0) is 27.0. The maximum atomic E-state index is 6.15. The van der Waals surface area contributed by atoms with Gasteiger partial charge in [0.05, 0.1) is 0 Å². The number of anilines is 2. The van der Waals surface area contributed by atoms with Gasteiger partial charge in [-0.15, -0.1) is 0 Å². The van der Waals surface area contributed by atoms with Gasteiger partial charge in [-0.1, -0.05) is 75.6 Å². The summed E-state index contributed by atoms with van der Waals surface area (Å²) in [5.74, 6) is 1.92. The van der Waals surface area contributed by atoms with E-state index in [1.54, 1.807) is 0 Å². The zero-order valence-corrected chi connectivity index (χ0v) is 22.7. The quantitative estimate of drug-likeness (QED) is 0.260. The van der Waals surface area contributed by atoms with Crippen molar-refractivity contribution in [1.29, 1.82) is 0 Å². The van der Waals surface area contributed by atoms with E-state index in [9.17, 15) is 0 Å². The van der Waals surface area contributed by atoms with E-state index in [-0.39, 0.29) is 5.41 Å². The summed E-state index contributed by atoms with van der Waals surface area (Å²) in [7, 11) is 0. The second-order valence-electron chi connectivity index (χ2n) is 10.8. The second-order valence-corrected chi connectivity index (χ2v) is 10.8. The molecule has 2 heterocycles. The van der Waals surface area contributed by atoms with Crippen molar-refractivity contribution in [3.05, 3.63) is 131 Å². The number of nitrogens with zero attached hydrogens (tertiary/aromatic N) is 2. The molecule has 0 amide bonds. The van der Waals surface area contributed by atoms with Crippen LogP contribution in [0.5, 0.6) is 11.5 Å². The van der Waals surface area contributed by atoms with Crippen LogP contribution in [0.2, 0.25) is 0 Å². The van der Waals surface area contributed by atoms with Crippen LogP contribution < -0.4 is 19.3 Å². The molecular weight excluding hydrogens is 480 g/mol. The molecule has 0 spiro atoms. The van der Waals surface area contributed by atoms with E-state index >= 15 is 0 Å². The molecule has 0 radical (unpaired) electrons. The Hall–Kier alpha value is -4.44. The third-order valence-corrected chi connectivity index (χ3v) is 7.98. The average Bonchev–Trinajstić information content (AvgIpc) is 3.00. The smallest absolute Gasteiger partial charge is 0.161 e. The molecule has 2 aliphatic heterocycles. The van der Waals surface area contributed by atoms with Gasteiger partial charge in [0.2, 0.25) is 0 Å². The van der Waals surface area contributed by atoms with E-state index in [1.165, 1.54) is 22.3 Å². The highest BCUT2D eigenvalue weighted by atomic mass is 16.5. The molecule has 0 N–H and O–H groups in total. The molecule has 0 unspecified atom stereocenters. The van der Waals surface area contributed by atoms with Gasteiger partial charge in [-0.3, -0.25) is 0 Å². The Balaban J connectivity index is 1.26. The number of ether oxygens (including phenoxy) is 2. The average molecular weight is 515 g/mol. The Bertz CT molecular complexity index is 1440. The van der Waals surface area contributed by atoms with E-state index < -0.39 is 0 Å². The maximum Gasteiger partial charge on any atom is 0.161 e. The maximum absolute atomic E-state index is 6.15. The molecule has 0 bridgehead atoms. The monoisotopic (exact) mass is 514 g/mol. The SMILES string of the molecule is C=Cc1cccc(N2COc3ccc(C(C)(C)c4ccc5c(c4)CN(c4cccc(C=C)c4)CO5)cc3C2)c1. The minimum atomic E-state index is -0.194. The summed E-state index contributed by atoms with van der Waals surface area (Å²) < 4.78 is 12.3. The van der Waals surface area contributed by atoms with E-state index in [0.29, 0.717) is 13.5 Å². The molecule has 0 fully saturated rings. The molecule has 0 aliphatic carbocycles. The fraction of sp³-hybridized carbons (Fsp3) is 0.200. The normalized spacial score (nSPS) is 14.5. The van der Waals surface area contributed by atoms with Crippen molar-refractivity contribution in [3.63, 3.8) is 0 Å². The van der Waals surface area contributed by atoms with Crippen molar-refractivity contribution in [2.75, 3.05) is 23.3 Å². The van der Waals surface area contributed by atoms with E-state index in [4.69, 9.17) is 9.47 Å². The lowest BCUT2D eigenvalue weighted by Gasteiger charge is -2.34. The highest BCUT2D eigenvalue weighted by Crippen LogP contribution is 2.39. The number of benzene rings is 4. The first kappa shape index (κ1) is 24.9. The van der Waals surface area contributed by atoms with Crippen molar-refractivity contribution in [1.82, 2.24) is 0 Å². The minimum Gasteiger partial charge on any atom is -0.473 e. The first-order valence-electron chi connectivity index (χ1n) is 13.4. The van der Waals surface area contributed by atoms with E-state index in [2.05, 4.69) is 122 Å². The van der Waals surface area contributed by atoms with Gasteiger partial charge in [0.25, 0.3) is 0 Å². The molecule has 0 saturated carbocycles. The predicted octanol–water partition coefficient (Wildman–Crippen LogP) is 8.01. The summed E-state index contributed by atoms with van der Waals surface area (Å²) in [5, 5.41) is 0. The van der Waals surface area contributed by atoms with E-state index in [1.807, 2.05) is 12.2 Å². The third kappa shape index (κ3) is 4.79. The molecule has 4 nitrogen and oxygen atoms in total. The van der Waals surface area contributed by atoms with Crippen molar-refractivity contribution in [2.45, 2.75) is 32.4 Å². The Kier molecular flexibility index (Phi) is 6.40. The van der Waals surface area contributed by atoms with Gasteiger partial charge < -0.3 is 19.3 Å². The van der Waals surface area contributed by atoms with Crippen LogP contribution in [0, 0.1) is 0 Å². The van der Waals surface area contributed by atoms with Gasteiger partial charge in [-0.05, 0) is 70.8 Å². The van der Waals surface area contributed by atoms with E-state index in [0.717, 1.165) is 47.1 Å². The van der Waals surface area contributed by atoms with Crippen LogP contribution in [0.1, 0.15) is 47.2 Å². The minimum absolute atomic E-state index is 0.194. The molecule has 4 aromatic rings. The number of rotatable bonds is 6. The Morgan fingerprint density at radius 2 is 1.10 bits per heavy atom. The highest BCUT2D eigenvalue weighted by molar-refractivity contribution is 5.60. The van der Waals surface area contributed by atoms with Crippen LogP contribution in [0.3, 0.4) is 0 Å². The van der Waals surface area contributed by atoms with Crippen LogP contribution in [-0.2, 0) is 18.5 Å². The van der Waals surface area contributed by atoms with Crippen LogP contribution in [0.15, 0.2) is 98.1 Å². The fourth-order valence-corrected chi connectivity index (χ4v) is 5.46. The standard InChI is InChI=1S/C35H34N2O2/c1-5-25-9-7-11-31(17-25)36-21-27-19-29(13-15-33(27)38-23-36)35(3,4)30-14-16-34-28(20-30)22-37(24-39-34)32-12-8-10-26(6-2)18-32/h5-20H,1-2,21-24H2,3-4H3. The van der Waals surface area contributed by atoms with Crippen molar-refractivity contribution < 1.29 is 9.47 Å². The molecule has 6 rings (SSSR count). The van der Waals surface area contributed by atoms with Gasteiger partial charge in [-0.2, -0.15) is 0 Å². The molecule has 0 atom stereocenters. The molecular formula is C35H34N2O2. The lowest BCUT2D eigenvalue weighted by Crippen LogP contribution is -2.33. The summed E-state index contributed by atoms with van der Waals surface area (Å²) >= 11 is 0. The first-order chi connectivity index (χ1) is 18.9. The van der Waals surface area contributed by atoms with Crippen LogP contribution in [0.25, 0.3) is 12.2 Å². The first-order valence-corrected chi connectivity index (χ1v) is 13.4. The van der Waals surface area contributed by atoms with Crippen LogP contribution >= 0.6 is 0 Å². The van der Waals surface area contributed by atoms with Gasteiger partial charge in [0.15, 0.2) is 13.5 Å². The lowest BCUT2D eigenvalue weighted by molar-refractivity contribution is 0.288. The molecule has 4 heteroatoms. The van der Waals surface area contributed by atoms with Crippen LogP contribution in [0.4, 0.5) is 11.4 Å². The van der Waals surface area contributed by atoms with Gasteiger partial charge in [0, 0.05) is 41.0 Å². The highest BCUT2D eigenvalue weighted by Gasteiger charge is 2.28. The zero-order valence-electron chi connectivity index (χ0n) is 22.7. The van der Waals surface area contributed by atoms with Crippen molar-refractivity contribution in [3.8, 4) is 11.5 Å². The number of hydrogen-bond donors (Lipinski definition) is 0. The molecule has 196 valence electrons. The molecule has 0 saturated heterocycles.